The second kappa shape index (κ2) is 6.05. The van der Waals surface area contributed by atoms with E-state index >= 15 is 0 Å². The third-order valence-electron chi connectivity index (χ3n) is 2.47. The lowest BCUT2D eigenvalue weighted by Crippen LogP contribution is -2.24. The molecule has 0 unspecified atom stereocenters. The maximum absolute atomic E-state index is 12.8. The van der Waals surface area contributed by atoms with Crippen molar-refractivity contribution in [1.29, 1.82) is 0 Å². The number of non-ortho nitro benzene ring substituents is 1. The molecule has 0 aliphatic heterocycles. The first-order chi connectivity index (χ1) is 10.6. The van der Waals surface area contributed by atoms with Crippen LogP contribution in [0.15, 0.2) is 24.3 Å². The first-order valence-electron chi connectivity index (χ1n) is 5.59. The largest absolute Gasteiger partial charge is 0.450 e. The lowest BCUT2D eigenvalue weighted by molar-refractivity contribution is -0.384. The number of nitrogens with zero attached hydrogens (tertiary/aromatic N) is 3. The van der Waals surface area contributed by atoms with Crippen LogP contribution in [0.2, 0.25) is 10.3 Å². The fourth-order valence-electron chi connectivity index (χ4n) is 1.51. The van der Waals surface area contributed by atoms with Gasteiger partial charge >= 0.3 is 12.3 Å². The van der Waals surface area contributed by atoms with E-state index in [-0.39, 0.29) is 16.0 Å². The minimum Gasteiger partial charge on any atom is -0.410 e. The number of ether oxygens (including phenoxy) is 1. The fourth-order valence-corrected chi connectivity index (χ4v) is 1.87. The predicted molar refractivity (Wildman–Crippen MR) is 71.8 cm³/mol. The second-order valence-electron chi connectivity index (χ2n) is 3.97. The van der Waals surface area contributed by atoms with Crippen LogP contribution in [0.5, 0.6) is 5.75 Å². The maximum atomic E-state index is 12.8. The number of alkyl halides is 3. The Balaban J connectivity index is 2.33. The number of carbonyl (C=O) groups excluding carboxylic acids is 1. The molecule has 1 aromatic heterocycles. The molecule has 0 atom stereocenters. The number of hydrogen-bond donors (Lipinski definition) is 0. The van der Waals surface area contributed by atoms with Crippen LogP contribution in [-0.4, -0.2) is 20.6 Å². The van der Waals surface area contributed by atoms with Crippen LogP contribution in [-0.2, 0) is 6.18 Å². The van der Waals surface area contributed by atoms with Crippen LogP contribution in [0.1, 0.15) is 5.82 Å². The van der Waals surface area contributed by atoms with Gasteiger partial charge < -0.3 is 4.74 Å². The van der Waals surface area contributed by atoms with Crippen LogP contribution in [0.4, 0.5) is 23.7 Å². The highest BCUT2D eigenvalue weighted by atomic mass is 35.5. The van der Waals surface area contributed by atoms with Gasteiger partial charge in [-0.3, -0.25) is 10.1 Å². The van der Waals surface area contributed by atoms with Crippen LogP contribution in [0.25, 0.3) is 0 Å². The summed E-state index contributed by atoms with van der Waals surface area (Å²) in [4.78, 5) is 24.6. The summed E-state index contributed by atoms with van der Waals surface area (Å²) in [6.07, 6.45) is -6.51. The van der Waals surface area contributed by atoms with Gasteiger partial charge in [-0.05, 0) is 12.1 Å². The van der Waals surface area contributed by atoms with Crippen molar-refractivity contribution in [3.63, 3.8) is 0 Å². The Morgan fingerprint density at radius 3 is 2.30 bits per heavy atom. The lowest BCUT2D eigenvalue weighted by Gasteiger charge is -2.10. The van der Waals surface area contributed by atoms with Crippen LogP contribution < -0.4 is 4.74 Å². The minimum absolute atomic E-state index is 0.0503. The molecule has 0 spiro atoms. The predicted octanol–water partition coefficient (Wildman–Crippen LogP) is 4.16. The molecule has 122 valence electrons. The number of hydrogen-bond acceptors (Lipinski definition) is 5. The van der Waals surface area contributed by atoms with Crippen molar-refractivity contribution in [3.05, 3.63) is 50.5 Å². The van der Waals surface area contributed by atoms with E-state index in [0.29, 0.717) is 0 Å². The molecule has 1 aromatic carbocycles. The van der Waals surface area contributed by atoms with E-state index in [4.69, 9.17) is 23.2 Å². The first kappa shape index (κ1) is 17.0. The van der Waals surface area contributed by atoms with Crippen molar-refractivity contribution in [1.82, 2.24) is 9.55 Å². The first-order valence-corrected chi connectivity index (χ1v) is 6.34. The number of nitro groups is 1. The summed E-state index contributed by atoms with van der Waals surface area (Å²) in [7, 11) is 0. The van der Waals surface area contributed by atoms with Crippen LogP contribution in [0, 0.1) is 10.1 Å². The molecule has 2 aromatic rings. The average Bonchev–Trinajstić information content (AvgIpc) is 2.75. The van der Waals surface area contributed by atoms with Gasteiger partial charge in [0.1, 0.15) is 5.75 Å². The molecule has 23 heavy (non-hydrogen) atoms. The molecule has 0 N–H and O–H groups in total. The van der Waals surface area contributed by atoms with Crippen molar-refractivity contribution in [2.24, 2.45) is 0 Å². The van der Waals surface area contributed by atoms with Crippen molar-refractivity contribution >= 4 is 35.0 Å². The van der Waals surface area contributed by atoms with Gasteiger partial charge in [0, 0.05) is 12.1 Å². The number of imidazole rings is 1. The highest BCUT2D eigenvalue weighted by molar-refractivity contribution is 6.41. The van der Waals surface area contributed by atoms with Gasteiger partial charge in [-0.15, -0.1) is 0 Å². The van der Waals surface area contributed by atoms with Gasteiger partial charge in [-0.2, -0.15) is 13.2 Å². The summed E-state index contributed by atoms with van der Waals surface area (Å²) in [5.41, 5.74) is -0.288. The zero-order valence-corrected chi connectivity index (χ0v) is 12.2. The van der Waals surface area contributed by atoms with Crippen LogP contribution >= 0.6 is 23.2 Å². The molecule has 7 nitrogen and oxygen atoms in total. The Morgan fingerprint density at radius 1 is 1.26 bits per heavy atom. The number of rotatable bonds is 2. The Labute approximate surface area is 135 Å². The maximum Gasteiger partial charge on any atom is 0.450 e. The van der Waals surface area contributed by atoms with E-state index in [9.17, 15) is 28.1 Å². The topological polar surface area (TPSA) is 87.3 Å². The van der Waals surface area contributed by atoms with Crippen LogP contribution in [0.3, 0.4) is 0 Å². The number of aromatic nitrogens is 2. The molecular weight excluding hydrogens is 366 g/mol. The van der Waals surface area contributed by atoms with E-state index < -0.39 is 33.3 Å². The van der Waals surface area contributed by atoms with Crippen molar-refractivity contribution in [3.8, 4) is 5.75 Å². The third-order valence-corrected chi connectivity index (χ3v) is 3.18. The summed E-state index contributed by atoms with van der Waals surface area (Å²) >= 11 is 10.9. The van der Waals surface area contributed by atoms with Gasteiger partial charge in [0.2, 0.25) is 5.82 Å². The highest BCUT2D eigenvalue weighted by Gasteiger charge is 2.41. The van der Waals surface area contributed by atoms with Gasteiger partial charge in [0.25, 0.3) is 5.69 Å². The number of nitro benzene ring substituents is 1. The van der Waals surface area contributed by atoms with E-state index in [2.05, 4.69) is 9.72 Å². The molecule has 0 radical (unpaired) electrons. The molecule has 0 aliphatic carbocycles. The highest BCUT2D eigenvalue weighted by Crippen LogP contribution is 2.34. The minimum atomic E-state index is -4.99. The Kier molecular flexibility index (Phi) is 4.48. The number of benzene rings is 1. The molecule has 1 heterocycles. The summed E-state index contributed by atoms with van der Waals surface area (Å²) in [5, 5.41) is 8.99. The van der Waals surface area contributed by atoms with E-state index in [0.717, 1.165) is 24.3 Å². The summed E-state index contributed by atoms with van der Waals surface area (Å²) < 4.78 is 43.0. The quantitative estimate of drug-likeness (QED) is 0.585. The standard InChI is InChI=1S/C11H4Cl2F3N3O4/c12-7-8(13)18(9(17-7)11(14,15)16)10(20)23-6-3-1-5(2-4-6)19(21)22/h1-4H. The molecule has 0 saturated heterocycles. The molecular formula is C11H4Cl2F3N3O4. The summed E-state index contributed by atoms with van der Waals surface area (Å²) in [6, 6.07) is 4.09. The van der Waals surface area contributed by atoms with Crippen molar-refractivity contribution in [2.45, 2.75) is 6.18 Å². The summed E-state index contributed by atoms with van der Waals surface area (Å²) in [6.45, 7) is 0. The molecule has 0 amide bonds. The SMILES string of the molecule is O=C(Oc1ccc([N+](=O)[O-])cc1)n1c(C(F)(F)F)nc(Cl)c1Cl. The fraction of sp³-hybridized carbons (Fsp3) is 0.0909. The molecule has 12 heteroatoms. The Morgan fingerprint density at radius 2 is 1.83 bits per heavy atom. The van der Waals surface area contributed by atoms with Gasteiger partial charge in [0.05, 0.1) is 4.92 Å². The van der Waals surface area contributed by atoms with E-state index in [1.165, 1.54) is 0 Å². The normalized spacial score (nSPS) is 11.3. The number of carbonyl (C=O) groups is 1. The molecule has 2 rings (SSSR count). The smallest absolute Gasteiger partial charge is 0.410 e. The Hall–Kier alpha value is -2.33. The van der Waals surface area contributed by atoms with Crippen molar-refractivity contribution < 1.29 is 27.6 Å². The van der Waals surface area contributed by atoms with E-state index in [1.54, 1.807) is 0 Å². The van der Waals surface area contributed by atoms with Gasteiger partial charge in [0.15, 0.2) is 10.3 Å². The van der Waals surface area contributed by atoms with Gasteiger partial charge in [-0.1, -0.05) is 23.2 Å². The zero-order chi connectivity index (χ0) is 17.4. The van der Waals surface area contributed by atoms with E-state index in [1.807, 2.05) is 0 Å². The third kappa shape index (κ3) is 3.54. The average molecular weight is 370 g/mol. The van der Waals surface area contributed by atoms with Crippen molar-refractivity contribution in [2.75, 3.05) is 0 Å². The lowest BCUT2D eigenvalue weighted by atomic mass is 10.3. The summed E-state index contributed by atoms with van der Waals surface area (Å²) in [5.74, 6) is -1.88. The Bertz CT molecular complexity index is 774. The van der Waals surface area contributed by atoms with Gasteiger partial charge in [-0.25, -0.2) is 14.3 Å². The molecule has 0 fully saturated rings. The molecule has 0 bridgehead atoms. The monoisotopic (exact) mass is 369 g/mol. The second-order valence-corrected chi connectivity index (χ2v) is 4.69. The molecule has 0 aliphatic rings. The zero-order valence-electron chi connectivity index (χ0n) is 10.7. The number of halogens is 5. The molecule has 0 saturated carbocycles.